The van der Waals surface area contributed by atoms with Crippen LogP contribution in [-0.4, -0.2) is 43.9 Å². The standard InChI is InChI=1S/C18H25N3O3S/c1-2-3-14-21-15-10-6-7-11-16(15)25(23,24)17(19-21)18(22)20-12-8-4-5-9-13-20/h6-7,10-11H,2-5,8-9,12-14H2,1H3. The van der Waals surface area contributed by atoms with E-state index in [-0.39, 0.29) is 9.94 Å². The second-order valence-corrected chi connectivity index (χ2v) is 8.39. The van der Waals surface area contributed by atoms with Crippen LogP contribution in [0.2, 0.25) is 0 Å². The molecule has 1 aromatic carbocycles. The normalized spacial score (nSPS) is 19.8. The van der Waals surface area contributed by atoms with Crippen molar-refractivity contribution in [3.05, 3.63) is 24.3 Å². The van der Waals surface area contributed by atoms with Gasteiger partial charge >= 0.3 is 0 Å². The first kappa shape index (κ1) is 17.9. The third kappa shape index (κ3) is 3.56. The quantitative estimate of drug-likeness (QED) is 0.825. The number of para-hydroxylation sites is 1. The third-order valence-corrected chi connectivity index (χ3v) is 6.39. The number of anilines is 1. The van der Waals surface area contributed by atoms with E-state index in [0.29, 0.717) is 25.3 Å². The maximum Gasteiger partial charge on any atom is 0.286 e. The molecule has 1 saturated heterocycles. The topological polar surface area (TPSA) is 70.1 Å². The highest BCUT2D eigenvalue weighted by Crippen LogP contribution is 2.32. The molecule has 1 fully saturated rings. The molecule has 1 aromatic rings. The molecule has 7 heteroatoms. The Morgan fingerprint density at radius 3 is 2.48 bits per heavy atom. The number of fused-ring (bicyclic) bond motifs is 1. The van der Waals surface area contributed by atoms with Crippen LogP contribution >= 0.6 is 0 Å². The molecule has 0 N–H and O–H groups in total. The maximum absolute atomic E-state index is 13.0. The number of nitrogens with zero attached hydrogens (tertiary/aromatic N) is 3. The molecule has 1 amide bonds. The number of likely N-dealkylation sites (tertiary alicyclic amines) is 1. The van der Waals surface area contributed by atoms with Crippen molar-refractivity contribution in [3.63, 3.8) is 0 Å². The van der Waals surface area contributed by atoms with Gasteiger partial charge in [0.05, 0.1) is 10.6 Å². The predicted molar refractivity (Wildman–Crippen MR) is 98.4 cm³/mol. The summed E-state index contributed by atoms with van der Waals surface area (Å²) < 4.78 is 26.0. The van der Waals surface area contributed by atoms with Gasteiger partial charge in [-0.25, -0.2) is 8.42 Å². The second kappa shape index (κ2) is 7.56. The van der Waals surface area contributed by atoms with E-state index in [4.69, 9.17) is 0 Å². The second-order valence-electron chi connectivity index (χ2n) is 6.56. The van der Waals surface area contributed by atoms with Crippen LogP contribution in [0.5, 0.6) is 0 Å². The molecule has 0 atom stereocenters. The summed E-state index contributed by atoms with van der Waals surface area (Å²) >= 11 is 0. The SMILES string of the molecule is CCCCN1N=C(C(=O)N2CCCCCC2)S(=O)(=O)c2ccccc21. The van der Waals surface area contributed by atoms with Crippen molar-refractivity contribution in [1.29, 1.82) is 0 Å². The number of hydrazone groups is 1. The minimum Gasteiger partial charge on any atom is -0.337 e. The fraction of sp³-hybridized carbons (Fsp3) is 0.556. The van der Waals surface area contributed by atoms with Crippen molar-refractivity contribution in [2.75, 3.05) is 24.6 Å². The van der Waals surface area contributed by atoms with Crippen LogP contribution in [0.3, 0.4) is 0 Å². The number of carbonyl (C=O) groups excluding carboxylic acids is 1. The lowest BCUT2D eigenvalue weighted by Gasteiger charge is -2.29. The Morgan fingerprint density at radius 2 is 1.80 bits per heavy atom. The predicted octanol–water partition coefficient (Wildman–Crippen LogP) is 2.80. The molecule has 136 valence electrons. The zero-order chi connectivity index (χ0) is 17.9. The molecular weight excluding hydrogens is 338 g/mol. The van der Waals surface area contributed by atoms with Gasteiger partial charge < -0.3 is 4.90 Å². The van der Waals surface area contributed by atoms with Gasteiger partial charge in [0, 0.05) is 19.6 Å². The van der Waals surface area contributed by atoms with Gasteiger partial charge in [0.25, 0.3) is 5.91 Å². The summed E-state index contributed by atoms with van der Waals surface area (Å²) in [5, 5.41) is 5.63. The molecule has 0 aliphatic carbocycles. The van der Waals surface area contributed by atoms with Gasteiger partial charge in [-0.05, 0) is 31.4 Å². The lowest BCUT2D eigenvalue weighted by Crippen LogP contribution is -2.44. The molecular formula is C18H25N3O3S. The minimum atomic E-state index is -3.88. The molecule has 2 aliphatic heterocycles. The summed E-state index contributed by atoms with van der Waals surface area (Å²) in [5.41, 5.74) is 0.559. The van der Waals surface area contributed by atoms with Gasteiger partial charge in [0.2, 0.25) is 14.9 Å². The molecule has 0 unspecified atom stereocenters. The van der Waals surface area contributed by atoms with Crippen molar-refractivity contribution < 1.29 is 13.2 Å². The minimum absolute atomic E-state index is 0.180. The zero-order valence-electron chi connectivity index (χ0n) is 14.6. The van der Waals surface area contributed by atoms with E-state index in [1.807, 2.05) is 0 Å². The van der Waals surface area contributed by atoms with Crippen LogP contribution in [0.15, 0.2) is 34.3 Å². The fourth-order valence-electron chi connectivity index (χ4n) is 3.26. The molecule has 0 radical (unpaired) electrons. The summed E-state index contributed by atoms with van der Waals surface area (Å²) in [6.45, 7) is 3.87. The van der Waals surface area contributed by atoms with E-state index in [1.54, 1.807) is 34.2 Å². The monoisotopic (exact) mass is 363 g/mol. The van der Waals surface area contributed by atoms with Crippen LogP contribution < -0.4 is 5.01 Å². The van der Waals surface area contributed by atoms with Gasteiger partial charge in [-0.2, -0.15) is 5.10 Å². The van der Waals surface area contributed by atoms with Crippen LogP contribution in [0, 0.1) is 0 Å². The summed E-state index contributed by atoms with van der Waals surface area (Å²) in [6.07, 6.45) is 5.83. The molecule has 2 heterocycles. The Kier molecular flexibility index (Phi) is 5.42. The highest BCUT2D eigenvalue weighted by molar-refractivity contribution is 8.08. The Hall–Kier alpha value is -1.89. The van der Waals surface area contributed by atoms with Gasteiger partial charge in [-0.1, -0.05) is 38.3 Å². The zero-order valence-corrected chi connectivity index (χ0v) is 15.5. The van der Waals surface area contributed by atoms with E-state index < -0.39 is 15.7 Å². The lowest BCUT2D eigenvalue weighted by molar-refractivity contribution is -0.123. The molecule has 0 aromatic heterocycles. The number of sulfone groups is 1. The maximum atomic E-state index is 13.0. The fourth-order valence-corrected chi connectivity index (χ4v) is 4.74. The summed E-state index contributed by atoms with van der Waals surface area (Å²) in [4.78, 5) is 14.8. The Balaban J connectivity index is 1.99. The first-order valence-corrected chi connectivity index (χ1v) is 10.5. The average molecular weight is 363 g/mol. The van der Waals surface area contributed by atoms with E-state index in [0.717, 1.165) is 38.5 Å². The van der Waals surface area contributed by atoms with Crippen molar-refractivity contribution in [2.24, 2.45) is 5.10 Å². The number of hydrogen-bond donors (Lipinski definition) is 0. The van der Waals surface area contributed by atoms with Gasteiger partial charge in [0.1, 0.15) is 0 Å². The van der Waals surface area contributed by atoms with Crippen molar-refractivity contribution in [3.8, 4) is 0 Å². The largest absolute Gasteiger partial charge is 0.337 e. The van der Waals surface area contributed by atoms with Gasteiger partial charge in [0.15, 0.2) is 0 Å². The Bertz CT molecular complexity index is 766. The van der Waals surface area contributed by atoms with Crippen LogP contribution in [0.4, 0.5) is 5.69 Å². The number of carbonyl (C=O) groups is 1. The first-order valence-electron chi connectivity index (χ1n) is 9.05. The number of amides is 1. The van der Waals surface area contributed by atoms with E-state index in [2.05, 4.69) is 12.0 Å². The smallest absolute Gasteiger partial charge is 0.286 e. The van der Waals surface area contributed by atoms with E-state index in [1.165, 1.54) is 0 Å². The van der Waals surface area contributed by atoms with Crippen LogP contribution in [0.25, 0.3) is 0 Å². The molecule has 2 aliphatic rings. The molecule has 0 saturated carbocycles. The molecule has 25 heavy (non-hydrogen) atoms. The van der Waals surface area contributed by atoms with Crippen molar-refractivity contribution in [2.45, 2.75) is 50.3 Å². The number of rotatable bonds is 4. The number of unbranched alkanes of at least 4 members (excludes halogenated alkanes) is 1. The van der Waals surface area contributed by atoms with Crippen LogP contribution in [-0.2, 0) is 14.6 Å². The summed E-state index contributed by atoms with van der Waals surface area (Å²) in [5.74, 6) is -0.460. The van der Waals surface area contributed by atoms with E-state index >= 15 is 0 Å². The molecule has 3 rings (SSSR count). The highest BCUT2D eigenvalue weighted by atomic mass is 32.2. The van der Waals surface area contributed by atoms with E-state index in [9.17, 15) is 13.2 Å². The van der Waals surface area contributed by atoms with Gasteiger partial charge in [-0.3, -0.25) is 9.80 Å². The van der Waals surface area contributed by atoms with Crippen molar-refractivity contribution in [1.82, 2.24) is 4.90 Å². The third-order valence-electron chi connectivity index (χ3n) is 4.70. The number of benzene rings is 1. The lowest BCUT2D eigenvalue weighted by atomic mass is 10.2. The molecule has 0 spiro atoms. The molecule has 6 nitrogen and oxygen atoms in total. The first-order chi connectivity index (χ1) is 12.1. The summed E-state index contributed by atoms with van der Waals surface area (Å²) in [7, 11) is -3.88. The van der Waals surface area contributed by atoms with Gasteiger partial charge in [-0.15, -0.1) is 0 Å². The molecule has 0 bridgehead atoms. The Labute approximate surface area is 149 Å². The Morgan fingerprint density at radius 1 is 1.12 bits per heavy atom. The van der Waals surface area contributed by atoms with Crippen LogP contribution in [0.1, 0.15) is 45.4 Å². The summed E-state index contributed by atoms with van der Waals surface area (Å²) in [6, 6.07) is 6.80. The number of hydrogen-bond acceptors (Lipinski definition) is 5. The van der Waals surface area contributed by atoms with Crippen molar-refractivity contribution >= 4 is 26.5 Å². The average Bonchev–Trinajstić information content (AvgIpc) is 2.90. The highest BCUT2D eigenvalue weighted by Gasteiger charge is 2.39.